The first-order chi connectivity index (χ1) is 9.08. The zero-order chi connectivity index (χ0) is 13.8. The van der Waals surface area contributed by atoms with Gasteiger partial charge in [0.1, 0.15) is 11.6 Å². The second-order valence-corrected chi connectivity index (χ2v) is 5.01. The molecule has 1 unspecified atom stereocenters. The van der Waals surface area contributed by atoms with E-state index in [1.807, 2.05) is 12.1 Å². The molecule has 0 fully saturated rings. The highest BCUT2D eigenvalue weighted by molar-refractivity contribution is 9.10. The van der Waals surface area contributed by atoms with Crippen molar-refractivity contribution in [1.82, 2.24) is 10.4 Å². The molecule has 1 heterocycles. The molecular weight excluding hydrogens is 316 g/mol. The van der Waals surface area contributed by atoms with Crippen LogP contribution in [0.1, 0.15) is 17.3 Å². The van der Waals surface area contributed by atoms with Gasteiger partial charge in [0.2, 0.25) is 0 Å². The van der Waals surface area contributed by atoms with Crippen molar-refractivity contribution in [2.75, 3.05) is 0 Å². The molecule has 100 valence electrons. The number of halogens is 3. The van der Waals surface area contributed by atoms with Crippen molar-refractivity contribution in [2.45, 2.75) is 12.5 Å². The standard InChI is InChI=1S/C13H12BrF2N3/c14-9-1-2-12(18-7-9)6-13(19-17)8-3-10(15)5-11(16)4-8/h1-5,7,13,19H,6,17H2. The van der Waals surface area contributed by atoms with E-state index < -0.39 is 17.7 Å². The molecule has 2 aromatic rings. The summed E-state index contributed by atoms with van der Waals surface area (Å²) in [7, 11) is 0. The summed E-state index contributed by atoms with van der Waals surface area (Å²) >= 11 is 3.29. The molecule has 0 saturated heterocycles. The maximum absolute atomic E-state index is 13.2. The summed E-state index contributed by atoms with van der Waals surface area (Å²) in [5, 5.41) is 0. The van der Waals surface area contributed by atoms with E-state index in [-0.39, 0.29) is 0 Å². The zero-order valence-corrected chi connectivity index (χ0v) is 11.5. The van der Waals surface area contributed by atoms with Gasteiger partial charge in [-0.3, -0.25) is 16.3 Å². The Morgan fingerprint density at radius 1 is 1.21 bits per heavy atom. The van der Waals surface area contributed by atoms with Crippen LogP contribution in [-0.2, 0) is 6.42 Å². The van der Waals surface area contributed by atoms with Crippen molar-refractivity contribution < 1.29 is 8.78 Å². The van der Waals surface area contributed by atoms with Crippen molar-refractivity contribution >= 4 is 15.9 Å². The third kappa shape index (κ3) is 3.79. The molecule has 0 aliphatic heterocycles. The van der Waals surface area contributed by atoms with Crippen molar-refractivity contribution in [3.8, 4) is 0 Å². The number of nitrogens with zero attached hydrogens (tertiary/aromatic N) is 1. The van der Waals surface area contributed by atoms with Gasteiger partial charge in [-0.25, -0.2) is 8.78 Å². The Balaban J connectivity index is 2.22. The molecule has 0 aliphatic carbocycles. The van der Waals surface area contributed by atoms with Gasteiger partial charge in [-0.2, -0.15) is 0 Å². The molecule has 0 bridgehead atoms. The van der Waals surface area contributed by atoms with E-state index in [2.05, 4.69) is 26.3 Å². The Labute approximate surface area is 117 Å². The summed E-state index contributed by atoms with van der Waals surface area (Å²) in [6.45, 7) is 0. The molecule has 0 radical (unpaired) electrons. The lowest BCUT2D eigenvalue weighted by Crippen LogP contribution is -2.30. The average Bonchev–Trinajstić information content (AvgIpc) is 2.37. The molecular formula is C13H12BrF2N3. The number of hydrazine groups is 1. The van der Waals surface area contributed by atoms with Crippen LogP contribution < -0.4 is 11.3 Å². The summed E-state index contributed by atoms with van der Waals surface area (Å²) < 4.78 is 27.2. The van der Waals surface area contributed by atoms with E-state index in [0.29, 0.717) is 12.0 Å². The SMILES string of the molecule is NNC(Cc1ccc(Br)cn1)c1cc(F)cc(F)c1. The predicted octanol–water partition coefficient (Wildman–Crippen LogP) is 2.87. The Morgan fingerprint density at radius 2 is 1.89 bits per heavy atom. The highest BCUT2D eigenvalue weighted by Crippen LogP contribution is 2.20. The normalized spacial score (nSPS) is 12.4. The van der Waals surface area contributed by atoms with Crippen LogP contribution in [0.3, 0.4) is 0 Å². The lowest BCUT2D eigenvalue weighted by atomic mass is 10.0. The second kappa shape index (κ2) is 6.18. The van der Waals surface area contributed by atoms with Crippen molar-refractivity contribution in [1.29, 1.82) is 0 Å². The number of nitrogens with one attached hydrogen (secondary N) is 1. The van der Waals surface area contributed by atoms with Crippen LogP contribution in [0.4, 0.5) is 8.78 Å². The molecule has 0 spiro atoms. The molecule has 0 saturated carbocycles. The predicted molar refractivity (Wildman–Crippen MR) is 72.1 cm³/mol. The number of hydrogen-bond donors (Lipinski definition) is 2. The second-order valence-electron chi connectivity index (χ2n) is 4.09. The maximum Gasteiger partial charge on any atom is 0.126 e. The van der Waals surface area contributed by atoms with Crippen LogP contribution in [0.15, 0.2) is 41.0 Å². The van der Waals surface area contributed by atoms with Gasteiger partial charge in [0.05, 0.1) is 6.04 Å². The van der Waals surface area contributed by atoms with Crippen LogP contribution in [-0.4, -0.2) is 4.98 Å². The summed E-state index contributed by atoms with van der Waals surface area (Å²) in [5.41, 5.74) is 3.77. The van der Waals surface area contributed by atoms with E-state index in [1.54, 1.807) is 6.20 Å². The topological polar surface area (TPSA) is 50.9 Å². The monoisotopic (exact) mass is 327 g/mol. The Bertz CT molecular complexity index is 540. The van der Waals surface area contributed by atoms with E-state index in [9.17, 15) is 8.78 Å². The lowest BCUT2D eigenvalue weighted by molar-refractivity contribution is 0.526. The molecule has 1 aromatic carbocycles. The summed E-state index contributed by atoms with van der Waals surface area (Å²) in [6, 6.07) is 6.61. The van der Waals surface area contributed by atoms with Gasteiger partial charge in [-0.05, 0) is 45.8 Å². The Kier molecular flexibility index (Phi) is 4.57. The number of benzene rings is 1. The van der Waals surface area contributed by atoms with E-state index in [4.69, 9.17) is 5.84 Å². The largest absolute Gasteiger partial charge is 0.271 e. The summed E-state index contributed by atoms with van der Waals surface area (Å²) in [6.07, 6.45) is 2.10. The third-order valence-corrected chi connectivity index (χ3v) is 3.16. The minimum Gasteiger partial charge on any atom is -0.271 e. The quantitative estimate of drug-likeness (QED) is 0.670. The minimum atomic E-state index is -0.626. The van der Waals surface area contributed by atoms with Crippen molar-refractivity contribution in [3.05, 3.63) is 63.9 Å². The van der Waals surface area contributed by atoms with Crippen LogP contribution >= 0.6 is 15.9 Å². The smallest absolute Gasteiger partial charge is 0.126 e. The first-order valence-corrected chi connectivity index (χ1v) is 6.40. The van der Waals surface area contributed by atoms with Gasteiger partial charge in [-0.15, -0.1) is 0 Å². The lowest BCUT2D eigenvalue weighted by Gasteiger charge is -2.16. The zero-order valence-electron chi connectivity index (χ0n) is 9.91. The first-order valence-electron chi connectivity index (χ1n) is 5.61. The molecule has 2 rings (SSSR count). The molecule has 3 N–H and O–H groups in total. The number of rotatable bonds is 4. The highest BCUT2D eigenvalue weighted by Gasteiger charge is 2.13. The van der Waals surface area contributed by atoms with Crippen molar-refractivity contribution in [3.63, 3.8) is 0 Å². The van der Waals surface area contributed by atoms with Gasteiger partial charge < -0.3 is 0 Å². The fourth-order valence-corrected chi connectivity index (χ4v) is 2.02. The minimum absolute atomic E-state index is 0.404. The van der Waals surface area contributed by atoms with Crippen LogP contribution in [0.25, 0.3) is 0 Å². The fourth-order valence-electron chi connectivity index (χ4n) is 1.79. The van der Waals surface area contributed by atoms with Gasteiger partial charge in [-0.1, -0.05) is 0 Å². The Hall–Kier alpha value is -1.37. The highest BCUT2D eigenvalue weighted by atomic mass is 79.9. The molecule has 6 heteroatoms. The van der Waals surface area contributed by atoms with Crippen LogP contribution in [0, 0.1) is 11.6 Å². The molecule has 19 heavy (non-hydrogen) atoms. The van der Waals surface area contributed by atoms with Gasteiger partial charge in [0, 0.05) is 28.9 Å². The van der Waals surface area contributed by atoms with E-state index in [0.717, 1.165) is 16.2 Å². The first kappa shape index (κ1) is 14.0. The van der Waals surface area contributed by atoms with Gasteiger partial charge >= 0.3 is 0 Å². The summed E-state index contributed by atoms with van der Waals surface area (Å²) in [5.74, 6) is 4.20. The van der Waals surface area contributed by atoms with E-state index in [1.165, 1.54) is 12.1 Å². The van der Waals surface area contributed by atoms with Gasteiger partial charge in [0.15, 0.2) is 0 Å². The number of aromatic nitrogens is 1. The molecule has 0 amide bonds. The van der Waals surface area contributed by atoms with E-state index >= 15 is 0 Å². The Morgan fingerprint density at radius 3 is 2.42 bits per heavy atom. The average molecular weight is 328 g/mol. The molecule has 1 aromatic heterocycles. The summed E-state index contributed by atoms with van der Waals surface area (Å²) in [4.78, 5) is 4.21. The molecule has 0 aliphatic rings. The van der Waals surface area contributed by atoms with Gasteiger partial charge in [0.25, 0.3) is 0 Å². The number of pyridine rings is 1. The molecule has 3 nitrogen and oxygen atoms in total. The number of nitrogens with two attached hydrogens (primary N) is 1. The maximum atomic E-state index is 13.2. The third-order valence-electron chi connectivity index (χ3n) is 2.69. The fraction of sp³-hybridized carbons (Fsp3) is 0.154. The van der Waals surface area contributed by atoms with Crippen LogP contribution in [0.2, 0.25) is 0 Å². The van der Waals surface area contributed by atoms with Crippen LogP contribution in [0.5, 0.6) is 0 Å². The number of hydrogen-bond acceptors (Lipinski definition) is 3. The van der Waals surface area contributed by atoms with Crippen molar-refractivity contribution in [2.24, 2.45) is 5.84 Å². The molecule has 1 atom stereocenters.